The number of rotatable bonds is 2. The molecule has 0 saturated carbocycles. The van der Waals surface area contributed by atoms with Crippen LogP contribution in [-0.4, -0.2) is 55.6 Å². The van der Waals surface area contributed by atoms with Crippen LogP contribution >= 0.6 is 0 Å². The first-order valence-electron chi connectivity index (χ1n) is 6.83. The van der Waals surface area contributed by atoms with Gasteiger partial charge in [0.2, 0.25) is 0 Å². The minimum Gasteiger partial charge on any atom is -0.320 e. The predicted molar refractivity (Wildman–Crippen MR) is 78.9 cm³/mol. The summed E-state index contributed by atoms with van der Waals surface area (Å²) in [5, 5.41) is 1.81. The smallest absolute Gasteiger partial charge is 0.268 e. The van der Waals surface area contributed by atoms with Crippen LogP contribution in [0.15, 0.2) is 18.2 Å². The Bertz CT molecular complexity index is 571. The van der Waals surface area contributed by atoms with Gasteiger partial charge in [-0.05, 0) is 25.2 Å². The van der Waals surface area contributed by atoms with Crippen molar-refractivity contribution in [3.05, 3.63) is 35.1 Å². The molecule has 1 amide bonds. The van der Waals surface area contributed by atoms with Gasteiger partial charge in [0.05, 0.1) is 12.1 Å². The molecule has 2 rings (SSSR count). The number of benzene rings is 1. The first-order valence-corrected chi connectivity index (χ1v) is 6.83. The van der Waals surface area contributed by atoms with Crippen molar-refractivity contribution in [2.24, 2.45) is 5.73 Å². The van der Waals surface area contributed by atoms with Gasteiger partial charge in [-0.15, -0.1) is 0 Å². The standard InChI is InChI=1S/C15H19FN4O/c1-19-7-9-20(10-8-19)18-15(21)13-5-4-12(3-2-6-17)11-14(13)16/h4-5,11H,6-10,17H2,1H3,(H,18,21). The number of nitrogens with zero attached hydrogens (tertiary/aromatic N) is 2. The van der Waals surface area contributed by atoms with Gasteiger partial charge >= 0.3 is 0 Å². The second kappa shape index (κ2) is 7.18. The molecule has 1 aliphatic rings. The number of carbonyl (C=O) groups is 1. The Balaban J connectivity index is 2.02. The molecule has 1 saturated heterocycles. The van der Waals surface area contributed by atoms with Crippen molar-refractivity contribution in [1.82, 2.24) is 15.3 Å². The summed E-state index contributed by atoms with van der Waals surface area (Å²) in [6.07, 6.45) is 0. The molecular weight excluding hydrogens is 271 g/mol. The summed E-state index contributed by atoms with van der Waals surface area (Å²) in [5.74, 6) is 4.37. The van der Waals surface area contributed by atoms with Gasteiger partial charge in [-0.1, -0.05) is 11.8 Å². The molecule has 5 nitrogen and oxygen atoms in total. The molecule has 0 aliphatic carbocycles. The van der Waals surface area contributed by atoms with Gasteiger partial charge in [-0.2, -0.15) is 0 Å². The fourth-order valence-electron chi connectivity index (χ4n) is 2.05. The highest BCUT2D eigenvalue weighted by molar-refractivity contribution is 5.94. The largest absolute Gasteiger partial charge is 0.320 e. The van der Waals surface area contributed by atoms with Crippen molar-refractivity contribution in [3.8, 4) is 11.8 Å². The number of nitrogens with two attached hydrogens (primary N) is 1. The minimum absolute atomic E-state index is 0.0206. The van der Waals surface area contributed by atoms with Crippen LogP contribution in [0, 0.1) is 17.7 Å². The van der Waals surface area contributed by atoms with Gasteiger partial charge in [-0.3, -0.25) is 10.2 Å². The van der Waals surface area contributed by atoms with Gasteiger partial charge in [0.1, 0.15) is 5.82 Å². The van der Waals surface area contributed by atoms with Crippen LogP contribution in [0.2, 0.25) is 0 Å². The third-order valence-electron chi connectivity index (χ3n) is 3.31. The summed E-state index contributed by atoms with van der Waals surface area (Å²) >= 11 is 0. The van der Waals surface area contributed by atoms with Crippen molar-refractivity contribution in [2.75, 3.05) is 39.8 Å². The van der Waals surface area contributed by atoms with E-state index in [0.29, 0.717) is 5.56 Å². The Hall–Kier alpha value is -1.94. The summed E-state index contributed by atoms with van der Waals surface area (Å²) < 4.78 is 14.0. The summed E-state index contributed by atoms with van der Waals surface area (Å²) in [4.78, 5) is 14.3. The molecule has 0 bridgehead atoms. The lowest BCUT2D eigenvalue weighted by atomic mass is 10.1. The highest BCUT2D eigenvalue weighted by atomic mass is 19.1. The van der Waals surface area contributed by atoms with Gasteiger partial charge in [-0.25, -0.2) is 9.40 Å². The van der Waals surface area contributed by atoms with E-state index in [1.165, 1.54) is 12.1 Å². The van der Waals surface area contributed by atoms with Crippen LogP contribution in [0.25, 0.3) is 0 Å². The molecule has 1 aliphatic heterocycles. The second-order valence-corrected chi connectivity index (χ2v) is 4.93. The zero-order chi connectivity index (χ0) is 15.2. The lowest BCUT2D eigenvalue weighted by Crippen LogP contribution is -2.52. The van der Waals surface area contributed by atoms with Crippen LogP contribution in [0.1, 0.15) is 15.9 Å². The van der Waals surface area contributed by atoms with Crippen LogP contribution < -0.4 is 11.2 Å². The number of halogens is 1. The first kappa shape index (κ1) is 15.4. The topological polar surface area (TPSA) is 61.6 Å². The van der Waals surface area contributed by atoms with E-state index in [0.717, 1.165) is 26.2 Å². The third kappa shape index (κ3) is 4.26. The van der Waals surface area contributed by atoms with Crippen molar-refractivity contribution in [3.63, 3.8) is 0 Å². The number of hydrogen-bond donors (Lipinski definition) is 2. The maximum atomic E-state index is 14.0. The molecule has 0 radical (unpaired) electrons. The summed E-state index contributed by atoms with van der Waals surface area (Å²) in [6.45, 7) is 3.41. The van der Waals surface area contributed by atoms with Gasteiger partial charge in [0, 0.05) is 31.7 Å². The Kier molecular flexibility index (Phi) is 5.28. The van der Waals surface area contributed by atoms with E-state index in [-0.39, 0.29) is 12.1 Å². The minimum atomic E-state index is -0.578. The molecule has 0 aromatic heterocycles. The van der Waals surface area contributed by atoms with E-state index < -0.39 is 11.7 Å². The highest BCUT2D eigenvalue weighted by Gasteiger charge is 2.18. The molecule has 0 spiro atoms. The molecule has 6 heteroatoms. The van der Waals surface area contributed by atoms with E-state index >= 15 is 0 Å². The summed E-state index contributed by atoms with van der Waals surface area (Å²) in [5.41, 5.74) is 8.53. The Morgan fingerprint density at radius 3 is 2.71 bits per heavy atom. The van der Waals surface area contributed by atoms with Gasteiger partial charge in [0.25, 0.3) is 5.91 Å². The predicted octanol–water partition coefficient (Wildman–Crippen LogP) is 0.0281. The van der Waals surface area contributed by atoms with Crippen molar-refractivity contribution in [2.45, 2.75) is 0 Å². The Morgan fingerprint density at radius 2 is 2.10 bits per heavy atom. The fourth-order valence-corrected chi connectivity index (χ4v) is 2.05. The average molecular weight is 290 g/mol. The average Bonchev–Trinajstić information content (AvgIpc) is 2.47. The molecular formula is C15H19FN4O. The Morgan fingerprint density at radius 1 is 1.38 bits per heavy atom. The molecule has 0 atom stereocenters. The lowest BCUT2D eigenvalue weighted by molar-refractivity contribution is 0.0659. The number of piperazine rings is 1. The second-order valence-electron chi connectivity index (χ2n) is 4.93. The van der Waals surface area contributed by atoms with E-state index in [1.807, 2.05) is 12.1 Å². The molecule has 0 unspecified atom stereocenters. The molecule has 112 valence electrons. The van der Waals surface area contributed by atoms with Crippen molar-refractivity contribution >= 4 is 5.91 Å². The van der Waals surface area contributed by atoms with E-state index in [2.05, 4.69) is 22.2 Å². The van der Waals surface area contributed by atoms with Crippen LogP contribution in [0.5, 0.6) is 0 Å². The molecule has 3 N–H and O–H groups in total. The zero-order valence-electron chi connectivity index (χ0n) is 12.0. The zero-order valence-corrected chi connectivity index (χ0v) is 12.0. The summed E-state index contributed by atoms with van der Waals surface area (Å²) in [7, 11) is 2.03. The Labute approximate surface area is 123 Å². The molecule has 1 heterocycles. The maximum Gasteiger partial charge on any atom is 0.268 e. The van der Waals surface area contributed by atoms with Crippen LogP contribution in [0.3, 0.4) is 0 Å². The first-order chi connectivity index (χ1) is 10.1. The van der Waals surface area contributed by atoms with Gasteiger partial charge in [0.15, 0.2) is 0 Å². The SMILES string of the molecule is CN1CCN(NC(=O)c2ccc(C#CCN)cc2F)CC1. The quantitative estimate of drug-likeness (QED) is 0.754. The normalized spacial score (nSPS) is 16.1. The maximum absolute atomic E-state index is 14.0. The van der Waals surface area contributed by atoms with Crippen molar-refractivity contribution < 1.29 is 9.18 Å². The lowest BCUT2D eigenvalue weighted by Gasteiger charge is -2.32. The molecule has 1 aromatic rings. The number of nitrogens with one attached hydrogen (secondary N) is 1. The molecule has 21 heavy (non-hydrogen) atoms. The number of likely N-dealkylation sites (N-methyl/N-ethyl adjacent to an activating group) is 1. The van der Waals surface area contributed by atoms with E-state index in [4.69, 9.17) is 5.73 Å². The van der Waals surface area contributed by atoms with Crippen LogP contribution in [-0.2, 0) is 0 Å². The monoisotopic (exact) mass is 290 g/mol. The number of hydrogen-bond acceptors (Lipinski definition) is 4. The molecule has 1 aromatic carbocycles. The number of hydrazine groups is 1. The number of amides is 1. The third-order valence-corrected chi connectivity index (χ3v) is 3.31. The van der Waals surface area contributed by atoms with E-state index in [1.54, 1.807) is 6.07 Å². The van der Waals surface area contributed by atoms with E-state index in [9.17, 15) is 9.18 Å². The van der Waals surface area contributed by atoms with Gasteiger partial charge < -0.3 is 10.6 Å². The van der Waals surface area contributed by atoms with Crippen molar-refractivity contribution in [1.29, 1.82) is 0 Å². The summed E-state index contributed by atoms with van der Waals surface area (Å²) in [6, 6.07) is 4.31. The number of carbonyl (C=O) groups excluding carboxylic acids is 1. The highest BCUT2D eigenvalue weighted by Crippen LogP contribution is 2.10. The molecule has 1 fully saturated rings. The van der Waals surface area contributed by atoms with Crippen LogP contribution in [0.4, 0.5) is 4.39 Å². The fraction of sp³-hybridized carbons (Fsp3) is 0.400.